The third-order valence-corrected chi connectivity index (χ3v) is 4.08. The van der Waals surface area contributed by atoms with Crippen LogP contribution in [0.15, 0.2) is 57.7 Å². The number of fused-ring (bicyclic) bond motifs is 1. The van der Waals surface area contributed by atoms with Crippen molar-refractivity contribution in [1.82, 2.24) is 5.32 Å². The van der Waals surface area contributed by atoms with E-state index in [0.29, 0.717) is 23.3 Å². The van der Waals surface area contributed by atoms with Gasteiger partial charge in [-0.05, 0) is 36.2 Å². The van der Waals surface area contributed by atoms with Gasteiger partial charge in [-0.15, -0.1) is 0 Å². The van der Waals surface area contributed by atoms with Crippen molar-refractivity contribution in [3.05, 3.63) is 81.2 Å². The molecule has 1 N–H and O–H groups in total. The molecule has 0 radical (unpaired) electrons. The summed E-state index contributed by atoms with van der Waals surface area (Å²) in [7, 11) is 0. The van der Waals surface area contributed by atoms with E-state index >= 15 is 0 Å². The average Bonchev–Trinajstić information content (AvgIpc) is 2.64. The highest BCUT2D eigenvalue weighted by Gasteiger charge is 2.11. The minimum Gasteiger partial charge on any atom is -0.457 e. The lowest BCUT2D eigenvalue weighted by Crippen LogP contribution is -2.18. The Hall–Kier alpha value is -3.41. The topological polar surface area (TPSA) is 85.6 Å². The lowest BCUT2D eigenvalue weighted by atomic mass is 10.1. The summed E-state index contributed by atoms with van der Waals surface area (Å²) in [5, 5.41) is 3.42. The van der Waals surface area contributed by atoms with Crippen LogP contribution >= 0.6 is 0 Å². The van der Waals surface area contributed by atoms with Crippen molar-refractivity contribution in [2.24, 2.45) is 0 Å². The molecular formula is C21H19NO5. The Morgan fingerprint density at radius 3 is 2.52 bits per heavy atom. The number of nitrogens with one attached hydrogen (secondary N) is 1. The summed E-state index contributed by atoms with van der Waals surface area (Å²) in [6.07, 6.45) is 0. The van der Waals surface area contributed by atoms with Crippen LogP contribution in [0.2, 0.25) is 0 Å². The van der Waals surface area contributed by atoms with Gasteiger partial charge in [0.1, 0.15) is 12.2 Å². The molecule has 0 saturated heterocycles. The number of benzene rings is 2. The Morgan fingerprint density at radius 2 is 1.81 bits per heavy atom. The summed E-state index contributed by atoms with van der Waals surface area (Å²) in [6, 6.07) is 13.6. The quantitative estimate of drug-likeness (QED) is 0.555. The van der Waals surface area contributed by atoms with Crippen LogP contribution in [-0.2, 0) is 22.7 Å². The molecule has 0 saturated carbocycles. The van der Waals surface area contributed by atoms with Crippen molar-refractivity contribution < 1.29 is 18.7 Å². The van der Waals surface area contributed by atoms with Gasteiger partial charge in [-0.3, -0.25) is 4.79 Å². The zero-order valence-corrected chi connectivity index (χ0v) is 15.1. The molecule has 138 valence electrons. The number of ether oxygens (including phenoxy) is 1. The molecule has 0 aliphatic heterocycles. The van der Waals surface area contributed by atoms with E-state index in [9.17, 15) is 14.4 Å². The number of esters is 1. The molecule has 1 aromatic heterocycles. The van der Waals surface area contributed by atoms with Gasteiger partial charge >= 0.3 is 11.6 Å². The number of hydrogen-bond donors (Lipinski definition) is 1. The molecule has 0 atom stereocenters. The van der Waals surface area contributed by atoms with E-state index in [0.717, 1.165) is 16.5 Å². The number of carbonyl (C=O) groups is 2. The molecule has 0 spiro atoms. The van der Waals surface area contributed by atoms with Gasteiger partial charge in [-0.1, -0.05) is 24.3 Å². The van der Waals surface area contributed by atoms with E-state index in [1.165, 1.54) is 13.0 Å². The van der Waals surface area contributed by atoms with E-state index in [1.54, 1.807) is 30.3 Å². The number of carbonyl (C=O) groups excluding carboxylic acids is 2. The van der Waals surface area contributed by atoms with Crippen molar-refractivity contribution in [3.8, 4) is 0 Å². The summed E-state index contributed by atoms with van der Waals surface area (Å²) in [6.45, 7) is 3.72. The first-order chi connectivity index (χ1) is 12.9. The molecule has 1 amide bonds. The van der Waals surface area contributed by atoms with Crippen LogP contribution in [0.4, 0.5) is 0 Å². The second-order valence-corrected chi connectivity index (χ2v) is 6.27. The molecule has 1 heterocycles. The summed E-state index contributed by atoms with van der Waals surface area (Å²) >= 11 is 0. The predicted molar refractivity (Wildman–Crippen MR) is 100 cm³/mol. The molecule has 6 nitrogen and oxygen atoms in total. The van der Waals surface area contributed by atoms with Gasteiger partial charge in [0, 0.05) is 30.5 Å². The largest absolute Gasteiger partial charge is 0.457 e. The number of aryl methyl sites for hydroxylation is 1. The van der Waals surface area contributed by atoms with Crippen molar-refractivity contribution in [3.63, 3.8) is 0 Å². The zero-order valence-electron chi connectivity index (χ0n) is 15.1. The third-order valence-electron chi connectivity index (χ3n) is 4.08. The first-order valence-corrected chi connectivity index (χ1v) is 8.46. The fourth-order valence-electron chi connectivity index (χ4n) is 2.67. The lowest BCUT2D eigenvalue weighted by Gasteiger charge is -2.08. The van der Waals surface area contributed by atoms with Crippen LogP contribution in [0.3, 0.4) is 0 Å². The fraction of sp³-hybridized carbons (Fsp3) is 0.190. The van der Waals surface area contributed by atoms with Gasteiger partial charge in [0.15, 0.2) is 0 Å². The fourth-order valence-corrected chi connectivity index (χ4v) is 2.67. The summed E-state index contributed by atoms with van der Waals surface area (Å²) < 4.78 is 10.6. The highest BCUT2D eigenvalue weighted by molar-refractivity contribution is 5.89. The first-order valence-electron chi connectivity index (χ1n) is 8.46. The number of amides is 1. The minimum absolute atomic E-state index is 0.0301. The Bertz CT molecular complexity index is 1050. The summed E-state index contributed by atoms with van der Waals surface area (Å²) in [5.41, 5.74) is 2.82. The van der Waals surface area contributed by atoms with Crippen LogP contribution < -0.4 is 10.9 Å². The van der Waals surface area contributed by atoms with Crippen molar-refractivity contribution >= 4 is 22.8 Å². The molecule has 3 aromatic rings. The molecule has 0 unspecified atom stereocenters. The molecular weight excluding hydrogens is 346 g/mol. The van der Waals surface area contributed by atoms with Gasteiger partial charge in [0.2, 0.25) is 5.91 Å². The molecule has 3 rings (SSSR count). The van der Waals surface area contributed by atoms with Gasteiger partial charge in [-0.25, -0.2) is 9.59 Å². The Morgan fingerprint density at radius 1 is 1.07 bits per heavy atom. The van der Waals surface area contributed by atoms with Crippen LogP contribution in [0, 0.1) is 6.92 Å². The van der Waals surface area contributed by atoms with E-state index in [-0.39, 0.29) is 12.5 Å². The smallest absolute Gasteiger partial charge is 0.338 e. The minimum atomic E-state index is -0.491. The SMILES string of the molecule is CC(=O)NCc1ccc(C(=O)OCc2cc(=O)oc3cc(C)ccc23)cc1. The Labute approximate surface area is 155 Å². The number of rotatable bonds is 5. The zero-order chi connectivity index (χ0) is 19.4. The van der Waals surface area contributed by atoms with Gasteiger partial charge < -0.3 is 14.5 Å². The van der Waals surface area contributed by atoms with Gasteiger partial charge in [-0.2, -0.15) is 0 Å². The van der Waals surface area contributed by atoms with E-state index in [4.69, 9.17) is 9.15 Å². The molecule has 0 aliphatic carbocycles. The second kappa shape index (κ2) is 7.86. The Balaban J connectivity index is 1.71. The summed E-state index contributed by atoms with van der Waals surface area (Å²) in [5.74, 6) is -0.608. The number of hydrogen-bond acceptors (Lipinski definition) is 5. The van der Waals surface area contributed by atoms with E-state index in [1.807, 2.05) is 19.1 Å². The maximum absolute atomic E-state index is 12.3. The predicted octanol–water partition coefficient (Wildman–Crippen LogP) is 3.09. The van der Waals surface area contributed by atoms with E-state index in [2.05, 4.69) is 5.32 Å². The van der Waals surface area contributed by atoms with E-state index < -0.39 is 11.6 Å². The van der Waals surface area contributed by atoms with Crippen LogP contribution in [0.1, 0.15) is 34.0 Å². The monoisotopic (exact) mass is 365 g/mol. The molecule has 27 heavy (non-hydrogen) atoms. The molecule has 6 heteroatoms. The van der Waals surface area contributed by atoms with Crippen molar-refractivity contribution in [1.29, 1.82) is 0 Å². The molecule has 0 fully saturated rings. The van der Waals surface area contributed by atoms with Gasteiger partial charge in [0.25, 0.3) is 0 Å². The maximum atomic E-state index is 12.3. The normalized spacial score (nSPS) is 10.6. The maximum Gasteiger partial charge on any atom is 0.338 e. The van der Waals surface area contributed by atoms with Crippen molar-refractivity contribution in [2.45, 2.75) is 27.0 Å². The third kappa shape index (κ3) is 4.61. The van der Waals surface area contributed by atoms with Crippen molar-refractivity contribution in [2.75, 3.05) is 0 Å². The van der Waals surface area contributed by atoms with Crippen LogP contribution in [0.25, 0.3) is 11.0 Å². The molecule has 0 bridgehead atoms. The average molecular weight is 365 g/mol. The van der Waals surface area contributed by atoms with Crippen LogP contribution in [-0.4, -0.2) is 11.9 Å². The Kier molecular flexibility index (Phi) is 5.35. The highest BCUT2D eigenvalue weighted by atomic mass is 16.5. The first kappa shape index (κ1) is 18.4. The summed E-state index contributed by atoms with van der Waals surface area (Å²) in [4.78, 5) is 35.0. The lowest BCUT2D eigenvalue weighted by molar-refractivity contribution is -0.119. The molecule has 0 aliphatic rings. The molecule has 2 aromatic carbocycles. The second-order valence-electron chi connectivity index (χ2n) is 6.27. The highest BCUT2D eigenvalue weighted by Crippen LogP contribution is 2.19. The standard InChI is InChI=1S/C21H19NO5/c1-13-3-8-18-17(10-20(24)27-19(18)9-13)12-26-21(25)16-6-4-15(5-7-16)11-22-14(2)23/h3-10H,11-12H2,1-2H3,(H,22,23). The van der Waals surface area contributed by atoms with Gasteiger partial charge in [0.05, 0.1) is 5.56 Å². The van der Waals surface area contributed by atoms with Crippen LogP contribution in [0.5, 0.6) is 0 Å².